The standard InChI is InChI=1S/C35H51N4O10PS2/c1-34(2,3)48-50(41,49-35(4,5)6)47-25-46-37-33-29-18-16-26(51(42,43)38-19-11-7-8-12-20-38)23-30(29)32(36-40)28-17-15-27(24-31(28)33)52(44,45)39-21-13-9-10-14-22-39/h15-18,23-24,40H,7-14,19-22,25H2,1-6H3/b36-32+,37-33+. The maximum atomic E-state index is 13.9. The van der Waals surface area contributed by atoms with Crippen molar-refractivity contribution in [3.63, 3.8) is 0 Å². The summed E-state index contributed by atoms with van der Waals surface area (Å²) in [4.78, 5) is 5.62. The van der Waals surface area contributed by atoms with Crippen molar-refractivity contribution in [2.45, 2.75) is 114 Å². The molecule has 2 aliphatic heterocycles. The molecule has 0 bridgehead atoms. The van der Waals surface area contributed by atoms with Crippen molar-refractivity contribution in [2.75, 3.05) is 33.0 Å². The van der Waals surface area contributed by atoms with Gasteiger partial charge < -0.3 is 10.0 Å². The molecule has 0 amide bonds. The molecule has 0 radical (unpaired) electrons. The fraction of sp³-hybridized carbons (Fsp3) is 0.600. The van der Waals surface area contributed by atoms with Crippen LogP contribution in [0.5, 0.6) is 0 Å². The summed E-state index contributed by atoms with van der Waals surface area (Å²) in [5.74, 6) is 0. The lowest BCUT2D eigenvalue weighted by Gasteiger charge is -2.30. The Hall–Kier alpha value is -2.69. The van der Waals surface area contributed by atoms with Gasteiger partial charge in [-0.3, -0.25) is 9.05 Å². The summed E-state index contributed by atoms with van der Waals surface area (Å²) in [7, 11) is -12.0. The van der Waals surface area contributed by atoms with Crippen LogP contribution in [0.3, 0.4) is 0 Å². The van der Waals surface area contributed by atoms with Gasteiger partial charge in [-0.2, -0.15) is 8.61 Å². The predicted molar refractivity (Wildman–Crippen MR) is 197 cm³/mol. The molecule has 2 aromatic carbocycles. The Kier molecular flexibility index (Phi) is 12.4. The van der Waals surface area contributed by atoms with Crippen LogP contribution in [0, 0.1) is 0 Å². The minimum absolute atomic E-state index is 0.0138. The van der Waals surface area contributed by atoms with Crippen LogP contribution in [0.25, 0.3) is 0 Å². The van der Waals surface area contributed by atoms with Crippen LogP contribution in [-0.2, 0) is 43.0 Å². The van der Waals surface area contributed by atoms with E-state index in [0.29, 0.717) is 37.3 Å². The third kappa shape index (κ3) is 9.51. The Labute approximate surface area is 307 Å². The molecular weight excluding hydrogens is 732 g/mol. The van der Waals surface area contributed by atoms with Gasteiger partial charge in [-0.25, -0.2) is 25.9 Å². The normalized spacial score (nSPS) is 20.3. The quantitative estimate of drug-likeness (QED) is 0.0755. The van der Waals surface area contributed by atoms with Crippen molar-refractivity contribution in [1.82, 2.24) is 8.61 Å². The Balaban J connectivity index is 1.58. The molecule has 0 unspecified atom stereocenters. The summed E-state index contributed by atoms with van der Waals surface area (Å²) in [6.07, 6.45) is 6.82. The molecule has 2 aromatic rings. The first-order chi connectivity index (χ1) is 24.3. The summed E-state index contributed by atoms with van der Waals surface area (Å²) in [5.41, 5.74) is -0.503. The number of benzene rings is 2. The second-order valence-electron chi connectivity index (χ2n) is 15.2. The predicted octanol–water partition coefficient (Wildman–Crippen LogP) is 6.84. The van der Waals surface area contributed by atoms with E-state index >= 15 is 0 Å². The van der Waals surface area contributed by atoms with Gasteiger partial charge in [-0.15, -0.1) is 0 Å². The van der Waals surface area contributed by atoms with E-state index in [9.17, 15) is 26.6 Å². The summed E-state index contributed by atoms with van der Waals surface area (Å²) in [6, 6.07) is 8.82. The molecule has 1 N–H and O–H groups in total. The minimum Gasteiger partial charge on any atom is -0.410 e. The molecule has 1 aliphatic carbocycles. The Morgan fingerprint density at radius 3 is 1.46 bits per heavy atom. The van der Waals surface area contributed by atoms with Crippen molar-refractivity contribution in [3.8, 4) is 0 Å². The van der Waals surface area contributed by atoms with Crippen molar-refractivity contribution in [1.29, 1.82) is 0 Å². The smallest absolute Gasteiger partial charge is 0.410 e. The molecule has 0 saturated carbocycles. The molecule has 52 heavy (non-hydrogen) atoms. The number of fused-ring (bicyclic) bond motifs is 2. The van der Waals surface area contributed by atoms with Crippen LogP contribution in [0.2, 0.25) is 0 Å². The molecular formula is C35H51N4O10PS2. The third-order valence-electron chi connectivity index (χ3n) is 8.70. The van der Waals surface area contributed by atoms with Gasteiger partial charge in [0.05, 0.1) is 21.0 Å². The molecule has 0 atom stereocenters. The number of nitrogens with zero attached hydrogens (tertiary/aromatic N) is 4. The van der Waals surface area contributed by atoms with Crippen molar-refractivity contribution in [2.24, 2.45) is 10.3 Å². The first-order valence-corrected chi connectivity index (χ1v) is 22.1. The first kappa shape index (κ1) is 40.5. The van der Waals surface area contributed by atoms with Crippen LogP contribution in [0.15, 0.2) is 56.5 Å². The fourth-order valence-corrected chi connectivity index (χ4v) is 11.2. The molecule has 288 valence electrons. The third-order valence-corrected chi connectivity index (χ3v) is 14.5. The van der Waals surface area contributed by atoms with Crippen molar-refractivity contribution in [3.05, 3.63) is 58.7 Å². The lowest BCUT2D eigenvalue weighted by molar-refractivity contribution is -0.0476. The average molecular weight is 783 g/mol. The Bertz CT molecular complexity index is 1920. The maximum Gasteiger partial charge on any atom is 0.478 e. The number of oxime groups is 2. The number of hydrogen-bond donors (Lipinski definition) is 1. The summed E-state index contributed by atoms with van der Waals surface area (Å²) in [6.45, 7) is 11.1. The van der Waals surface area contributed by atoms with Crippen molar-refractivity contribution < 1.29 is 45.0 Å². The highest BCUT2D eigenvalue weighted by molar-refractivity contribution is 7.89. The van der Waals surface area contributed by atoms with Gasteiger partial charge in [0, 0.05) is 48.4 Å². The highest BCUT2D eigenvalue weighted by Gasteiger charge is 2.38. The molecule has 2 fully saturated rings. The molecule has 2 saturated heterocycles. The summed E-state index contributed by atoms with van der Waals surface area (Å²) < 4.78 is 88.8. The molecule has 0 aromatic heterocycles. The molecule has 14 nitrogen and oxygen atoms in total. The molecule has 0 spiro atoms. The van der Waals surface area contributed by atoms with Gasteiger partial charge in [0.1, 0.15) is 11.4 Å². The van der Waals surface area contributed by atoms with Gasteiger partial charge >= 0.3 is 7.82 Å². The zero-order chi connectivity index (χ0) is 38.0. The van der Waals surface area contributed by atoms with E-state index in [1.165, 1.54) is 45.0 Å². The largest absolute Gasteiger partial charge is 0.478 e. The van der Waals surface area contributed by atoms with Crippen LogP contribution >= 0.6 is 7.82 Å². The van der Waals surface area contributed by atoms with Gasteiger partial charge in [-0.05, 0) is 91.5 Å². The number of rotatable bonds is 10. The Morgan fingerprint density at radius 1 is 0.654 bits per heavy atom. The highest BCUT2D eigenvalue weighted by Crippen LogP contribution is 2.55. The maximum absolute atomic E-state index is 13.9. The second kappa shape index (κ2) is 16.0. The van der Waals surface area contributed by atoms with Crippen LogP contribution < -0.4 is 0 Å². The summed E-state index contributed by atoms with van der Waals surface area (Å²) in [5, 5.41) is 18.2. The zero-order valence-corrected chi connectivity index (χ0v) is 33.4. The van der Waals surface area contributed by atoms with E-state index in [1.54, 1.807) is 41.5 Å². The molecule has 17 heteroatoms. The number of phosphoric ester groups is 1. The summed E-state index contributed by atoms with van der Waals surface area (Å²) >= 11 is 0. The van der Waals surface area contributed by atoms with E-state index in [0.717, 1.165) is 51.4 Å². The van der Waals surface area contributed by atoms with Crippen molar-refractivity contribution >= 4 is 39.3 Å². The zero-order valence-electron chi connectivity index (χ0n) is 30.8. The highest BCUT2D eigenvalue weighted by atomic mass is 32.2. The average Bonchev–Trinajstić information content (AvgIpc) is 3.51. The van der Waals surface area contributed by atoms with Gasteiger partial charge in [0.15, 0.2) is 0 Å². The fourth-order valence-electron chi connectivity index (χ4n) is 6.45. The van der Waals surface area contributed by atoms with Crippen LogP contribution in [0.1, 0.15) is 115 Å². The van der Waals surface area contributed by atoms with Crippen LogP contribution in [-0.4, -0.2) is 86.3 Å². The lowest BCUT2D eigenvalue weighted by atomic mass is 9.83. The van der Waals surface area contributed by atoms with E-state index in [4.69, 9.17) is 18.4 Å². The van der Waals surface area contributed by atoms with E-state index < -0.39 is 45.9 Å². The van der Waals surface area contributed by atoms with Gasteiger partial charge in [-0.1, -0.05) is 48.1 Å². The SMILES string of the molecule is CC(C)(C)OP(=O)(OCO/N=C1\c2ccc(S(=O)(=O)N3CCCCCC3)cc2/C(=N/O)c2ccc(S(=O)(=O)N3CCCCCC3)cc21)OC(C)(C)C. The number of hydrogen-bond acceptors (Lipinski definition) is 12. The van der Waals surface area contributed by atoms with E-state index in [2.05, 4.69) is 10.3 Å². The topological polar surface area (TPSA) is 174 Å². The molecule has 3 aliphatic rings. The molecule has 5 rings (SSSR count). The monoisotopic (exact) mass is 782 g/mol. The first-order valence-electron chi connectivity index (χ1n) is 17.7. The lowest BCUT2D eigenvalue weighted by Crippen LogP contribution is -2.33. The Morgan fingerprint density at radius 2 is 1.06 bits per heavy atom. The molecule has 2 heterocycles. The minimum atomic E-state index is -4.17. The van der Waals surface area contributed by atoms with E-state index in [1.807, 2.05) is 0 Å². The van der Waals surface area contributed by atoms with Crippen LogP contribution in [0.4, 0.5) is 0 Å². The van der Waals surface area contributed by atoms with Gasteiger partial charge in [0.2, 0.25) is 26.8 Å². The second-order valence-corrected chi connectivity index (χ2v) is 20.6. The van der Waals surface area contributed by atoms with E-state index in [-0.39, 0.29) is 32.3 Å². The number of phosphoric acid groups is 1. The number of sulfonamides is 2. The van der Waals surface area contributed by atoms with Gasteiger partial charge in [0.25, 0.3) is 0 Å².